The number of hydrogen-bond donors (Lipinski definition) is 1. The molecule has 0 spiro atoms. The fraction of sp³-hybridized carbons (Fsp3) is 0.647. The van der Waals surface area contributed by atoms with E-state index < -0.39 is 0 Å². The van der Waals surface area contributed by atoms with Gasteiger partial charge >= 0.3 is 0 Å². The van der Waals surface area contributed by atoms with Crippen LogP contribution in [0.2, 0.25) is 0 Å². The lowest BCUT2D eigenvalue weighted by molar-refractivity contribution is 0.408. The first-order valence-corrected chi connectivity index (χ1v) is 7.54. The predicted octanol–water partition coefficient (Wildman–Crippen LogP) is 5.32. The number of phenols is 1. The molecular formula is C17H28O. The largest absolute Gasteiger partial charge is 0.508 e. The van der Waals surface area contributed by atoms with Gasteiger partial charge < -0.3 is 5.11 Å². The highest BCUT2D eigenvalue weighted by Crippen LogP contribution is 2.23. The van der Waals surface area contributed by atoms with E-state index in [1.807, 2.05) is 18.2 Å². The molecule has 102 valence electrons. The van der Waals surface area contributed by atoms with Gasteiger partial charge in [0.2, 0.25) is 0 Å². The van der Waals surface area contributed by atoms with E-state index in [0.29, 0.717) is 5.75 Å². The van der Waals surface area contributed by atoms with Gasteiger partial charge in [0.15, 0.2) is 0 Å². The van der Waals surface area contributed by atoms with E-state index in [2.05, 4.69) is 13.8 Å². The molecule has 1 nitrogen and oxygen atoms in total. The number of benzene rings is 1. The van der Waals surface area contributed by atoms with Crippen LogP contribution in [0.1, 0.15) is 64.4 Å². The van der Waals surface area contributed by atoms with E-state index in [9.17, 15) is 5.11 Å². The van der Waals surface area contributed by atoms with Crippen LogP contribution in [0.25, 0.3) is 0 Å². The number of aryl methyl sites for hydroxylation is 1. The van der Waals surface area contributed by atoms with Crippen molar-refractivity contribution in [2.75, 3.05) is 0 Å². The third-order valence-corrected chi connectivity index (χ3v) is 3.86. The Kier molecular flexibility index (Phi) is 7.55. The maximum absolute atomic E-state index is 9.74. The monoisotopic (exact) mass is 248 g/mol. The lowest BCUT2D eigenvalue weighted by atomic mass is 9.91. The Morgan fingerprint density at radius 3 is 2.44 bits per heavy atom. The topological polar surface area (TPSA) is 20.2 Å². The second-order valence-electron chi connectivity index (χ2n) is 5.29. The number of unbranched alkanes of at least 4 members (excludes halogenated alkanes) is 3. The maximum atomic E-state index is 9.74. The molecular weight excluding hydrogens is 220 g/mol. The van der Waals surface area contributed by atoms with Crippen molar-refractivity contribution >= 4 is 0 Å². The van der Waals surface area contributed by atoms with Crippen molar-refractivity contribution in [2.45, 2.75) is 65.2 Å². The molecule has 0 fully saturated rings. The van der Waals surface area contributed by atoms with E-state index >= 15 is 0 Å². The number of para-hydroxylation sites is 1. The molecule has 1 rings (SSSR count). The van der Waals surface area contributed by atoms with E-state index in [1.165, 1.54) is 44.9 Å². The first kappa shape index (κ1) is 15.1. The number of hydrogen-bond acceptors (Lipinski definition) is 1. The van der Waals surface area contributed by atoms with Crippen molar-refractivity contribution in [3.8, 4) is 5.75 Å². The van der Waals surface area contributed by atoms with Crippen molar-refractivity contribution in [3.05, 3.63) is 29.8 Å². The zero-order valence-electron chi connectivity index (χ0n) is 12.0. The number of rotatable bonds is 9. The summed E-state index contributed by atoms with van der Waals surface area (Å²) < 4.78 is 0. The van der Waals surface area contributed by atoms with Gasteiger partial charge in [-0.25, -0.2) is 0 Å². The SMILES string of the molecule is CCCCCCC(CC)CCc1ccccc1O. The second-order valence-corrected chi connectivity index (χ2v) is 5.29. The van der Waals surface area contributed by atoms with Gasteiger partial charge in [-0.05, 0) is 30.4 Å². The molecule has 1 heteroatoms. The molecule has 0 saturated carbocycles. The summed E-state index contributed by atoms with van der Waals surface area (Å²) in [6, 6.07) is 7.73. The molecule has 0 saturated heterocycles. The van der Waals surface area contributed by atoms with Gasteiger partial charge in [-0.1, -0.05) is 70.6 Å². The lowest BCUT2D eigenvalue weighted by Gasteiger charge is -2.15. The molecule has 0 radical (unpaired) electrons. The van der Waals surface area contributed by atoms with Gasteiger partial charge in [-0.15, -0.1) is 0 Å². The minimum atomic E-state index is 0.457. The van der Waals surface area contributed by atoms with Crippen molar-refractivity contribution < 1.29 is 5.11 Å². The molecule has 1 aromatic carbocycles. The molecule has 0 aromatic heterocycles. The predicted molar refractivity (Wildman–Crippen MR) is 79.0 cm³/mol. The third kappa shape index (κ3) is 5.57. The smallest absolute Gasteiger partial charge is 0.118 e. The lowest BCUT2D eigenvalue weighted by Crippen LogP contribution is -2.01. The van der Waals surface area contributed by atoms with Crippen molar-refractivity contribution in [3.63, 3.8) is 0 Å². The van der Waals surface area contributed by atoms with Crippen LogP contribution in [-0.4, -0.2) is 5.11 Å². The highest BCUT2D eigenvalue weighted by atomic mass is 16.3. The molecule has 18 heavy (non-hydrogen) atoms. The summed E-state index contributed by atoms with van der Waals surface area (Å²) in [4.78, 5) is 0. The average Bonchev–Trinajstić information content (AvgIpc) is 2.40. The van der Waals surface area contributed by atoms with Gasteiger partial charge in [-0.3, -0.25) is 0 Å². The Bertz CT molecular complexity index is 319. The van der Waals surface area contributed by atoms with Crippen LogP contribution >= 0.6 is 0 Å². The number of phenolic OH excluding ortho intramolecular Hbond substituents is 1. The molecule has 0 aliphatic rings. The Hall–Kier alpha value is -0.980. The Balaban J connectivity index is 2.29. The molecule has 1 aromatic rings. The minimum absolute atomic E-state index is 0.457. The van der Waals surface area contributed by atoms with Gasteiger partial charge in [0, 0.05) is 0 Å². The third-order valence-electron chi connectivity index (χ3n) is 3.86. The van der Waals surface area contributed by atoms with Gasteiger partial charge in [0.1, 0.15) is 5.75 Å². The van der Waals surface area contributed by atoms with Crippen LogP contribution in [0.3, 0.4) is 0 Å². The van der Waals surface area contributed by atoms with E-state index in [0.717, 1.165) is 17.9 Å². The molecule has 0 bridgehead atoms. The fourth-order valence-electron chi connectivity index (χ4n) is 2.49. The molecule has 0 aliphatic heterocycles. The second kappa shape index (κ2) is 9.02. The zero-order valence-corrected chi connectivity index (χ0v) is 12.0. The fourth-order valence-corrected chi connectivity index (χ4v) is 2.49. The average molecular weight is 248 g/mol. The quantitative estimate of drug-likeness (QED) is 0.586. The Morgan fingerprint density at radius 2 is 1.78 bits per heavy atom. The summed E-state index contributed by atoms with van der Waals surface area (Å²) in [6.45, 7) is 4.55. The van der Waals surface area contributed by atoms with Gasteiger partial charge in [0.25, 0.3) is 0 Å². The molecule has 1 N–H and O–H groups in total. The van der Waals surface area contributed by atoms with Crippen molar-refractivity contribution in [1.29, 1.82) is 0 Å². The zero-order chi connectivity index (χ0) is 13.2. The highest BCUT2D eigenvalue weighted by Gasteiger charge is 2.08. The molecule has 0 heterocycles. The van der Waals surface area contributed by atoms with Crippen molar-refractivity contribution in [2.24, 2.45) is 5.92 Å². The van der Waals surface area contributed by atoms with Crippen LogP contribution in [0, 0.1) is 5.92 Å². The standard InChI is InChI=1S/C17H28O/c1-3-5-6-7-10-15(4-2)13-14-16-11-8-9-12-17(16)18/h8-9,11-12,15,18H,3-7,10,13-14H2,1-2H3. The first-order chi connectivity index (χ1) is 8.77. The summed E-state index contributed by atoms with van der Waals surface area (Å²) in [5.41, 5.74) is 1.10. The number of aromatic hydroxyl groups is 1. The van der Waals surface area contributed by atoms with Gasteiger partial charge in [0.05, 0.1) is 0 Å². The summed E-state index contributed by atoms with van der Waals surface area (Å²) in [5.74, 6) is 1.28. The summed E-state index contributed by atoms with van der Waals surface area (Å²) in [5, 5.41) is 9.74. The normalized spacial score (nSPS) is 12.6. The highest BCUT2D eigenvalue weighted by molar-refractivity contribution is 5.31. The summed E-state index contributed by atoms with van der Waals surface area (Å²) in [6.07, 6.45) is 10.3. The molecule has 1 atom stereocenters. The summed E-state index contributed by atoms with van der Waals surface area (Å²) in [7, 11) is 0. The van der Waals surface area contributed by atoms with Gasteiger partial charge in [-0.2, -0.15) is 0 Å². The first-order valence-electron chi connectivity index (χ1n) is 7.54. The maximum Gasteiger partial charge on any atom is 0.118 e. The molecule has 0 aliphatic carbocycles. The molecule has 0 amide bonds. The summed E-state index contributed by atoms with van der Waals surface area (Å²) >= 11 is 0. The van der Waals surface area contributed by atoms with E-state index in [1.54, 1.807) is 6.07 Å². The van der Waals surface area contributed by atoms with E-state index in [-0.39, 0.29) is 0 Å². The molecule has 1 unspecified atom stereocenters. The minimum Gasteiger partial charge on any atom is -0.508 e. The van der Waals surface area contributed by atoms with Crippen LogP contribution in [0.5, 0.6) is 5.75 Å². The van der Waals surface area contributed by atoms with E-state index in [4.69, 9.17) is 0 Å². The Morgan fingerprint density at radius 1 is 1.00 bits per heavy atom. The van der Waals surface area contributed by atoms with Crippen molar-refractivity contribution in [1.82, 2.24) is 0 Å². The Labute approximate surface area is 112 Å². The van der Waals surface area contributed by atoms with Crippen LogP contribution in [-0.2, 0) is 6.42 Å². The van der Waals surface area contributed by atoms with Crippen LogP contribution < -0.4 is 0 Å². The van der Waals surface area contributed by atoms with Crippen LogP contribution in [0.4, 0.5) is 0 Å². The van der Waals surface area contributed by atoms with Crippen LogP contribution in [0.15, 0.2) is 24.3 Å².